The van der Waals surface area contributed by atoms with Crippen LogP contribution in [0.25, 0.3) is 0 Å². The molecule has 0 atom stereocenters. The van der Waals surface area contributed by atoms with Crippen LogP contribution in [0.2, 0.25) is 5.02 Å². The topological polar surface area (TPSA) is 73.6 Å². The van der Waals surface area contributed by atoms with Crippen molar-refractivity contribution < 1.29 is 19.0 Å². The Morgan fingerprint density at radius 2 is 2.16 bits per heavy atom. The smallest absolute Gasteiger partial charge is 0.308 e. The number of nitrogens with zero attached hydrogens (tertiary/aromatic N) is 2. The van der Waals surface area contributed by atoms with Crippen LogP contribution in [0.1, 0.15) is 44.6 Å². The summed E-state index contributed by atoms with van der Waals surface area (Å²) in [6.07, 6.45) is 2.41. The van der Waals surface area contributed by atoms with Crippen LogP contribution in [0.5, 0.6) is 0 Å². The second-order valence-corrected chi connectivity index (χ2v) is 6.76. The highest BCUT2D eigenvalue weighted by Crippen LogP contribution is 2.34. The molecule has 0 radical (unpaired) electrons. The van der Waals surface area contributed by atoms with Gasteiger partial charge < -0.3 is 14.7 Å². The van der Waals surface area contributed by atoms with E-state index in [0.717, 1.165) is 12.8 Å². The number of carbonyl (C=O) groups excluding carboxylic acids is 1. The van der Waals surface area contributed by atoms with Gasteiger partial charge in [-0.05, 0) is 25.3 Å². The third kappa shape index (κ3) is 5.07. The van der Waals surface area contributed by atoms with Gasteiger partial charge in [-0.2, -0.15) is 5.26 Å². The Hall–Kier alpha value is -1.84. The number of esters is 1. The molecule has 7 heteroatoms. The normalized spacial score (nSPS) is 16.4. The first-order chi connectivity index (χ1) is 11.9. The number of anilines is 1. The maximum absolute atomic E-state index is 13.8. The van der Waals surface area contributed by atoms with E-state index >= 15 is 0 Å². The molecule has 1 heterocycles. The van der Waals surface area contributed by atoms with Gasteiger partial charge in [-0.3, -0.25) is 4.79 Å². The zero-order valence-electron chi connectivity index (χ0n) is 14.2. The van der Waals surface area contributed by atoms with E-state index in [0.29, 0.717) is 43.2 Å². The number of rotatable bonds is 6. The second-order valence-electron chi connectivity index (χ2n) is 6.36. The predicted octanol–water partition coefficient (Wildman–Crippen LogP) is 3.42. The molecule has 0 saturated carbocycles. The molecule has 0 amide bonds. The lowest BCUT2D eigenvalue weighted by Crippen LogP contribution is -2.46. The molecule has 0 unspecified atom stereocenters. The van der Waals surface area contributed by atoms with Crippen molar-refractivity contribution in [3.8, 4) is 6.07 Å². The van der Waals surface area contributed by atoms with Gasteiger partial charge in [0.25, 0.3) is 0 Å². The maximum atomic E-state index is 13.8. The van der Waals surface area contributed by atoms with E-state index in [1.807, 2.05) is 11.8 Å². The Kier molecular flexibility index (Phi) is 6.63. The molecule has 0 bridgehead atoms. The number of piperidine rings is 1. The van der Waals surface area contributed by atoms with Gasteiger partial charge in [0.1, 0.15) is 11.9 Å². The fourth-order valence-electron chi connectivity index (χ4n) is 2.86. The van der Waals surface area contributed by atoms with E-state index in [1.54, 1.807) is 6.07 Å². The van der Waals surface area contributed by atoms with Crippen molar-refractivity contribution in [2.75, 3.05) is 24.6 Å². The van der Waals surface area contributed by atoms with Crippen molar-refractivity contribution in [1.29, 1.82) is 5.26 Å². The highest BCUT2D eigenvalue weighted by Gasteiger charge is 2.35. The van der Waals surface area contributed by atoms with E-state index in [4.69, 9.17) is 21.6 Å². The number of aliphatic hydroxyl groups is 1. The maximum Gasteiger partial charge on any atom is 0.308 e. The van der Waals surface area contributed by atoms with E-state index in [1.165, 1.54) is 12.1 Å². The van der Waals surface area contributed by atoms with Gasteiger partial charge in [-0.1, -0.05) is 24.9 Å². The summed E-state index contributed by atoms with van der Waals surface area (Å²) in [5.41, 5.74) is -0.722. The van der Waals surface area contributed by atoms with Gasteiger partial charge in [-0.15, -0.1) is 0 Å². The molecule has 1 aromatic rings. The molecule has 25 heavy (non-hydrogen) atoms. The van der Waals surface area contributed by atoms with Crippen molar-refractivity contribution in [2.45, 2.75) is 44.6 Å². The molecular weight excluding hydrogens is 347 g/mol. The summed E-state index contributed by atoms with van der Waals surface area (Å²) in [4.78, 5) is 13.7. The van der Waals surface area contributed by atoms with Gasteiger partial charge in [-0.25, -0.2) is 4.39 Å². The lowest BCUT2D eigenvalue weighted by molar-refractivity contribution is -0.150. The van der Waals surface area contributed by atoms with E-state index in [-0.39, 0.29) is 12.0 Å². The lowest BCUT2D eigenvalue weighted by Gasteiger charge is -2.39. The Balaban J connectivity index is 1.96. The average Bonchev–Trinajstić information content (AvgIpc) is 2.57. The number of hydrogen-bond acceptors (Lipinski definition) is 5. The number of benzene rings is 1. The van der Waals surface area contributed by atoms with Crippen LogP contribution in [0.4, 0.5) is 10.1 Å². The molecule has 1 N–H and O–H groups in total. The van der Waals surface area contributed by atoms with Gasteiger partial charge in [0.05, 0.1) is 34.9 Å². The summed E-state index contributed by atoms with van der Waals surface area (Å²) in [7, 11) is 0. The molecule has 1 aliphatic heterocycles. The minimum atomic E-state index is -1.11. The fourth-order valence-corrected chi connectivity index (χ4v) is 3.14. The first-order valence-corrected chi connectivity index (χ1v) is 8.78. The van der Waals surface area contributed by atoms with Crippen LogP contribution in [-0.2, 0) is 9.53 Å². The van der Waals surface area contributed by atoms with Gasteiger partial charge in [0, 0.05) is 19.2 Å². The quantitative estimate of drug-likeness (QED) is 0.615. The summed E-state index contributed by atoms with van der Waals surface area (Å²) in [6.45, 7) is 3.25. The summed E-state index contributed by atoms with van der Waals surface area (Å²) in [5.74, 6) is -1.02. The first kappa shape index (κ1) is 19.5. The molecule has 1 fully saturated rings. The van der Waals surface area contributed by atoms with Crippen LogP contribution in [-0.4, -0.2) is 36.4 Å². The zero-order chi connectivity index (χ0) is 18.4. The van der Waals surface area contributed by atoms with Crippen LogP contribution in [0.15, 0.2) is 12.1 Å². The molecular formula is C18H22ClFN2O3. The molecule has 5 nitrogen and oxygen atoms in total. The third-order valence-corrected chi connectivity index (χ3v) is 4.73. The largest absolute Gasteiger partial charge is 0.466 e. The van der Waals surface area contributed by atoms with Crippen molar-refractivity contribution in [3.05, 3.63) is 28.5 Å². The van der Waals surface area contributed by atoms with Gasteiger partial charge in [0.15, 0.2) is 0 Å². The van der Waals surface area contributed by atoms with Gasteiger partial charge in [0.2, 0.25) is 0 Å². The molecule has 1 aliphatic rings. The molecule has 1 saturated heterocycles. The predicted molar refractivity (Wildman–Crippen MR) is 93.0 cm³/mol. The Morgan fingerprint density at radius 3 is 2.76 bits per heavy atom. The molecule has 2 rings (SSSR count). The summed E-state index contributed by atoms with van der Waals surface area (Å²) in [5, 5.41) is 19.7. The minimum absolute atomic E-state index is 0.0416. The Labute approximate surface area is 151 Å². The molecule has 0 aliphatic carbocycles. The number of ether oxygens (including phenoxy) is 1. The van der Waals surface area contributed by atoms with E-state index in [9.17, 15) is 14.3 Å². The number of hydrogen-bond donors (Lipinski definition) is 1. The lowest BCUT2D eigenvalue weighted by atomic mass is 9.88. The SMILES string of the molecule is CCCCOC(=O)CC1(O)CCN(c2cc(F)c(C#N)cc2Cl)CC1. The minimum Gasteiger partial charge on any atom is -0.466 e. The number of unbranched alkanes of at least 4 members (excludes halogenated alkanes) is 1. The number of carbonyl (C=O) groups is 1. The Bertz CT molecular complexity index is 667. The summed E-state index contributed by atoms with van der Waals surface area (Å²) in [6, 6.07) is 4.30. The molecule has 136 valence electrons. The van der Waals surface area contributed by atoms with Crippen LogP contribution < -0.4 is 4.90 Å². The highest BCUT2D eigenvalue weighted by molar-refractivity contribution is 6.33. The molecule has 1 aromatic carbocycles. The standard InChI is InChI=1S/C18H22ClFN2O3/c1-2-3-8-25-17(23)11-18(24)4-6-22(7-5-18)16-10-15(20)13(12-21)9-14(16)19/h9-10,24H,2-8,11H2,1H3. The second kappa shape index (κ2) is 8.50. The molecule has 0 spiro atoms. The van der Waals surface area contributed by atoms with Crippen molar-refractivity contribution in [2.24, 2.45) is 0 Å². The fraction of sp³-hybridized carbons (Fsp3) is 0.556. The van der Waals surface area contributed by atoms with Crippen molar-refractivity contribution in [1.82, 2.24) is 0 Å². The first-order valence-electron chi connectivity index (χ1n) is 8.40. The number of halogens is 2. The zero-order valence-corrected chi connectivity index (χ0v) is 15.0. The van der Waals surface area contributed by atoms with Gasteiger partial charge >= 0.3 is 5.97 Å². The van der Waals surface area contributed by atoms with E-state index < -0.39 is 17.4 Å². The van der Waals surface area contributed by atoms with Crippen LogP contribution in [0, 0.1) is 17.1 Å². The summed E-state index contributed by atoms with van der Waals surface area (Å²) >= 11 is 6.14. The summed E-state index contributed by atoms with van der Waals surface area (Å²) < 4.78 is 18.9. The molecule has 0 aromatic heterocycles. The van der Waals surface area contributed by atoms with Crippen LogP contribution >= 0.6 is 11.6 Å². The van der Waals surface area contributed by atoms with Crippen LogP contribution in [0.3, 0.4) is 0 Å². The van der Waals surface area contributed by atoms with Crippen molar-refractivity contribution in [3.63, 3.8) is 0 Å². The van der Waals surface area contributed by atoms with Crippen molar-refractivity contribution >= 4 is 23.3 Å². The Morgan fingerprint density at radius 1 is 1.48 bits per heavy atom. The van der Waals surface area contributed by atoms with E-state index in [2.05, 4.69) is 0 Å². The monoisotopic (exact) mass is 368 g/mol. The average molecular weight is 369 g/mol. The highest BCUT2D eigenvalue weighted by atomic mass is 35.5. The third-order valence-electron chi connectivity index (χ3n) is 4.43. The number of nitriles is 1.